The molecular formula is C9H13NO2. The van der Waals surface area contributed by atoms with Gasteiger partial charge in [-0.3, -0.25) is 0 Å². The van der Waals surface area contributed by atoms with Gasteiger partial charge in [-0.15, -0.1) is 0 Å². The quantitative estimate of drug-likeness (QED) is 0.640. The van der Waals surface area contributed by atoms with E-state index in [1.165, 1.54) is 0 Å². The predicted octanol–water partition coefficient (Wildman–Crippen LogP) is 1.59. The molecule has 1 aromatic rings. The zero-order chi connectivity index (χ0) is 8.97. The number of carbonyl (C=O) groups is 1. The Balaban J connectivity index is 2.59. The molecule has 0 aliphatic rings. The number of nitrogens with zero attached hydrogens (tertiary/aromatic N) is 1. The lowest BCUT2D eigenvalue weighted by Crippen LogP contribution is -2.09. The SMILES string of the molecule is CCCOC(=O)c1cccn1C. The van der Waals surface area contributed by atoms with Gasteiger partial charge in [0, 0.05) is 13.2 Å². The Morgan fingerprint density at radius 3 is 2.92 bits per heavy atom. The molecule has 0 saturated carbocycles. The number of carbonyl (C=O) groups excluding carboxylic acids is 1. The average molecular weight is 167 g/mol. The summed E-state index contributed by atoms with van der Waals surface area (Å²) in [7, 11) is 1.82. The fourth-order valence-corrected chi connectivity index (χ4v) is 0.942. The summed E-state index contributed by atoms with van der Waals surface area (Å²) in [4.78, 5) is 11.2. The highest BCUT2D eigenvalue weighted by Crippen LogP contribution is 2.01. The largest absolute Gasteiger partial charge is 0.461 e. The van der Waals surface area contributed by atoms with E-state index in [1.54, 1.807) is 10.6 Å². The maximum atomic E-state index is 11.2. The monoisotopic (exact) mass is 167 g/mol. The van der Waals surface area contributed by atoms with Gasteiger partial charge in [-0.05, 0) is 18.6 Å². The lowest BCUT2D eigenvalue weighted by molar-refractivity contribution is 0.0494. The van der Waals surface area contributed by atoms with Crippen molar-refractivity contribution in [2.45, 2.75) is 13.3 Å². The van der Waals surface area contributed by atoms with Crippen molar-refractivity contribution >= 4 is 5.97 Å². The summed E-state index contributed by atoms with van der Waals surface area (Å²) in [6, 6.07) is 3.57. The summed E-state index contributed by atoms with van der Waals surface area (Å²) in [5.74, 6) is -0.246. The average Bonchev–Trinajstić information content (AvgIpc) is 2.47. The third kappa shape index (κ3) is 1.87. The molecular weight excluding hydrogens is 154 g/mol. The summed E-state index contributed by atoms with van der Waals surface area (Å²) in [6.45, 7) is 2.46. The molecule has 3 nitrogen and oxygen atoms in total. The number of rotatable bonds is 3. The van der Waals surface area contributed by atoms with Gasteiger partial charge >= 0.3 is 5.97 Å². The van der Waals surface area contributed by atoms with Gasteiger partial charge in [0.1, 0.15) is 5.69 Å². The van der Waals surface area contributed by atoms with Crippen LogP contribution in [0.5, 0.6) is 0 Å². The van der Waals surface area contributed by atoms with Gasteiger partial charge in [0.05, 0.1) is 6.61 Å². The molecule has 0 aromatic carbocycles. The number of hydrogen-bond donors (Lipinski definition) is 0. The topological polar surface area (TPSA) is 31.2 Å². The molecule has 0 amide bonds. The van der Waals surface area contributed by atoms with E-state index in [9.17, 15) is 4.79 Å². The molecule has 0 aliphatic carbocycles. The Morgan fingerprint density at radius 1 is 1.67 bits per heavy atom. The van der Waals surface area contributed by atoms with Crippen LogP contribution < -0.4 is 0 Å². The Hall–Kier alpha value is -1.25. The summed E-state index contributed by atoms with van der Waals surface area (Å²) < 4.78 is 6.70. The second kappa shape index (κ2) is 3.95. The van der Waals surface area contributed by atoms with Crippen LogP contribution in [-0.4, -0.2) is 17.1 Å². The van der Waals surface area contributed by atoms with E-state index < -0.39 is 0 Å². The fourth-order valence-electron chi connectivity index (χ4n) is 0.942. The van der Waals surface area contributed by atoms with E-state index in [2.05, 4.69) is 0 Å². The maximum absolute atomic E-state index is 11.2. The fraction of sp³-hybridized carbons (Fsp3) is 0.444. The van der Waals surface area contributed by atoms with Crippen LogP contribution in [0, 0.1) is 0 Å². The maximum Gasteiger partial charge on any atom is 0.354 e. The molecule has 66 valence electrons. The molecule has 0 saturated heterocycles. The minimum absolute atomic E-state index is 0.246. The highest BCUT2D eigenvalue weighted by Gasteiger charge is 2.08. The molecule has 1 rings (SSSR count). The zero-order valence-corrected chi connectivity index (χ0v) is 7.41. The molecule has 0 spiro atoms. The number of hydrogen-bond acceptors (Lipinski definition) is 2. The van der Waals surface area contributed by atoms with Crippen molar-refractivity contribution in [3.63, 3.8) is 0 Å². The van der Waals surface area contributed by atoms with Gasteiger partial charge in [0.15, 0.2) is 0 Å². The lowest BCUT2D eigenvalue weighted by atomic mass is 10.4. The van der Waals surface area contributed by atoms with E-state index >= 15 is 0 Å². The van der Waals surface area contributed by atoms with Gasteiger partial charge < -0.3 is 9.30 Å². The van der Waals surface area contributed by atoms with Crippen molar-refractivity contribution in [3.8, 4) is 0 Å². The van der Waals surface area contributed by atoms with Crippen molar-refractivity contribution in [2.24, 2.45) is 7.05 Å². The van der Waals surface area contributed by atoms with Gasteiger partial charge in [0.25, 0.3) is 0 Å². The zero-order valence-electron chi connectivity index (χ0n) is 7.41. The number of aromatic nitrogens is 1. The van der Waals surface area contributed by atoms with E-state index in [0.29, 0.717) is 12.3 Å². The number of ether oxygens (including phenoxy) is 1. The molecule has 3 heteroatoms. The van der Waals surface area contributed by atoms with E-state index in [-0.39, 0.29) is 5.97 Å². The van der Waals surface area contributed by atoms with Gasteiger partial charge in [-0.25, -0.2) is 4.79 Å². The van der Waals surface area contributed by atoms with E-state index in [4.69, 9.17) is 4.74 Å². The van der Waals surface area contributed by atoms with Crippen LogP contribution in [-0.2, 0) is 11.8 Å². The molecule has 0 fully saturated rings. The van der Waals surface area contributed by atoms with Crippen LogP contribution in [0.4, 0.5) is 0 Å². The van der Waals surface area contributed by atoms with Crippen LogP contribution in [0.25, 0.3) is 0 Å². The van der Waals surface area contributed by atoms with Crippen LogP contribution in [0.1, 0.15) is 23.8 Å². The molecule has 0 atom stereocenters. The van der Waals surface area contributed by atoms with E-state index in [0.717, 1.165) is 6.42 Å². The molecule has 12 heavy (non-hydrogen) atoms. The highest BCUT2D eigenvalue weighted by molar-refractivity contribution is 5.87. The third-order valence-electron chi connectivity index (χ3n) is 1.59. The van der Waals surface area contributed by atoms with Crippen LogP contribution >= 0.6 is 0 Å². The second-order valence-electron chi connectivity index (χ2n) is 2.64. The number of aryl methyl sites for hydroxylation is 1. The summed E-state index contributed by atoms with van der Waals surface area (Å²) >= 11 is 0. The van der Waals surface area contributed by atoms with E-state index in [1.807, 2.05) is 26.2 Å². The first-order valence-corrected chi connectivity index (χ1v) is 4.04. The van der Waals surface area contributed by atoms with Crippen molar-refractivity contribution < 1.29 is 9.53 Å². The number of esters is 1. The minimum atomic E-state index is -0.246. The lowest BCUT2D eigenvalue weighted by Gasteiger charge is -2.02. The van der Waals surface area contributed by atoms with Gasteiger partial charge in [-0.2, -0.15) is 0 Å². The summed E-state index contributed by atoms with van der Waals surface area (Å²) in [5, 5.41) is 0. The molecule has 1 heterocycles. The van der Waals surface area contributed by atoms with Crippen molar-refractivity contribution in [3.05, 3.63) is 24.0 Å². The first-order chi connectivity index (χ1) is 5.75. The normalized spacial score (nSPS) is 9.83. The first kappa shape index (κ1) is 8.84. The van der Waals surface area contributed by atoms with Crippen molar-refractivity contribution in [1.29, 1.82) is 0 Å². The highest BCUT2D eigenvalue weighted by atomic mass is 16.5. The smallest absolute Gasteiger partial charge is 0.354 e. The minimum Gasteiger partial charge on any atom is -0.461 e. The first-order valence-electron chi connectivity index (χ1n) is 4.04. The predicted molar refractivity (Wildman–Crippen MR) is 46.0 cm³/mol. The summed E-state index contributed by atoms with van der Waals surface area (Å²) in [5.41, 5.74) is 0.600. The Labute approximate surface area is 72.0 Å². The van der Waals surface area contributed by atoms with Crippen LogP contribution in [0.15, 0.2) is 18.3 Å². The van der Waals surface area contributed by atoms with Crippen LogP contribution in [0.3, 0.4) is 0 Å². The van der Waals surface area contributed by atoms with Crippen molar-refractivity contribution in [2.75, 3.05) is 6.61 Å². The molecule has 1 aromatic heterocycles. The summed E-state index contributed by atoms with van der Waals surface area (Å²) in [6.07, 6.45) is 2.68. The van der Waals surface area contributed by atoms with Crippen LogP contribution in [0.2, 0.25) is 0 Å². The molecule has 0 radical (unpaired) electrons. The molecule has 0 aliphatic heterocycles. The Kier molecular flexibility index (Phi) is 2.91. The molecule has 0 unspecified atom stereocenters. The Morgan fingerprint density at radius 2 is 2.42 bits per heavy atom. The standard InChI is InChI=1S/C9H13NO2/c1-3-7-12-9(11)8-5-4-6-10(8)2/h4-6H,3,7H2,1-2H3. The van der Waals surface area contributed by atoms with Gasteiger partial charge in [0.2, 0.25) is 0 Å². The Bertz CT molecular complexity index is 265. The molecule has 0 N–H and O–H groups in total. The second-order valence-corrected chi connectivity index (χ2v) is 2.64. The van der Waals surface area contributed by atoms with Gasteiger partial charge in [-0.1, -0.05) is 6.92 Å². The van der Waals surface area contributed by atoms with Crippen molar-refractivity contribution in [1.82, 2.24) is 4.57 Å². The molecule has 0 bridgehead atoms. The third-order valence-corrected chi connectivity index (χ3v) is 1.59.